The van der Waals surface area contributed by atoms with Gasteiger partial charge in [0.1, 0.15) is 5.58 Å². The minimum absolute atomic E-state index is 0.263. The highest BCUT2D eigenvalue weighted by atomic mass is 79.9. The first-order chi connectivity index (χ1) is 13.0. The number of fused-ring (bicyclic) bond motifs is 5. The number of halogens is 1. The van der Waals surface area contributed by atoms with Gasteiger partial charge in [0.25, 0.3) is 5.56 Å². The standard InChI is InChI=1S/C20H12BrN3O3/c1-10-15-16(13-9-11(21)7-8-14(13)27-20(15)26)17-18(22-10)23-24(19(17)25)12-5-3-2-4-6-12/h2-9H,1H3,(H,22,23). The lowest BCUT2D eigenvalue weighted by Crippen LogP contribution is -2.14. The van der Waals surface area contributed by atoms with E-state index in [-0.39, 0.29) is 5.56 Å². The second-order valence-corrected chi connectivity index (χ2v) is 7.20. The summed E-state index contributed by atoms with van der Waals surface area (Å²) in [6.07, 6.45) is 0. The molecule has 0 aliphatic carbocycles. The fourth-order valence-electron chi connectivity index (χ4n) is 3.48. The van der Waals surface area contributed by atoms with Crippen LogP contribution in [0.3, 0.4) is 0 Å². The first-order valence-corrected chi connectivity index (χ1v) is 9.07. The van der Waals surface area contributed by atoms with Crippen molar-refractivity contribution in [3.8, 4) is 5.69 Å². The average molecular weight is 422 g/mol. The molecular weight excluding hydrogens is 410 g/mol. The van der Waals surface area contributed by atoms with Crippen LogP contribution < -0.4 is 11.2 Å². The normalized spacial score (nSPS) is 11.6. The maximum Gasteiger partial charge on any atom is 0.346 e. The lowest BCUT2D eigenvalue weighted by molar-refractivity contribution is 0.569. The van der Waals surface area contributed by atoms with Gasteiger partial charge in [0.2, 0.25) is 0 Å². The highest BCUT2D eigenvalue weighted by Crippen LogP contribution is 2.30. The number of aromatic amines is 1. The molecular formula is C20H12BrN3O3. The van der Waals surface area contributed by atoms with Crippen molar-refractivity contribution in [3.05, 3.63) is 79.5 Å². The van der Waals surface area contributed by atoms with Gasteiger partial charge in [-0.3, -0.25) is 9.89 Å². The molecule has 1 N–H and O–H groups in total. The largest absolute Gasteiger partial charge is 0.422 e. The quantitative estimate of drug-likeness (QED) is 0.327. The van der Waals surface area contributed by atoms with E-state index in [1.54, 1.807) is 19.1 Å². The summed E-state index contributed by atoms with van der Waals surface area (Å²) in [5.41, 5.74) is 1.30. The van der Waals surface area contributed by atoms with Crippen LogP contribution in [0, 0.1) is 6.92 Å². The van der Waals surface area contributed by atoms with Gasteiger partial charge in [0.05, 0.1) is 22.2 Å². The van der Waals surface area contributed by atoms with Gasteiger partial charge in [-0.1, -0.05) is 34.1 Å². The van der Waals surface area contributed by atoms with Gasteiger partial charge < -0.3 is 4.42 Å². The first kappa shape index (κ1) is 16.0. The maximum atomic E-state index is 13.2. The van der Waals surface area contributed by atoms with Crippen molar-refractivity contribution in [2.24, 2.45) is 0 Å². The Bertz CT molecular complexity index is 1480. The summed E-state index contributed by atoms with van der Waals surface area (Å²) in [5.74, 6) is 0. The minimum Gasteiger partial charge on any atom is -0.422 e. The van der Waals surface area contributed by atoms with Gasteiger partial charge >= 0.3 is 5.63 Å². The molecule has 5 rings (SSSR count). The predicted octanol–water partition coefficient (Wildman–Crippen LogP) is 4.04. The molecule has 2 aromatic carbocycles. The third-order valence-electron chi connectivity index (χ3n) is 4.64. The lowest BCUT2D eigenvalue weighted by atomic mass is 10.0. The number of rotatable bonds is 1. The molecule has 0 aliphatic heterocycles. The van der Waals surface area contributed by atoms with Crippen LogP contribution >= 0.6 is 15.9 Å². The molecule has 0 amide bonds. The van der Waals surface area contributed by atoms with Gasteiger partial charge in [-0.25, -0.2) is 14.5 Å². The van der Waals surface area contributed by atoms with Gasteiger partial charge in [0.15, 0.2) is 5.65 Å². The van der Waals surface area contributed by atoms with E-state index < -0.39 is 5.63 Å². The molecule has 27 heavy (non-hydrogen) atoms. The number of hydrogen-bond acceptors (Lipinski definition) is 4. The van der Waals surface area contributed by atoms with Gasteiger partial charge in [-0.05, 0) is 37.3 Å². The molecule has 5 aromatic rings. The summed E-state index contributed by atoms with van der Waals surface area (Å²) < 4.78 is 7.72. The molecule has 0 fully saturated rings. The molecule has 0 saturated carbocycles. The van der Waals surface area contributed by atoms with Crippen molar-refractivity contribution in [1.82, 2.24) is 14.8 Å². The summed E-state index contributed by atoms with van der Waals surface area (Å²) in [6, 6.07) is 14.6. The van der Waals surface area contributed by atoms with Crippen LogP contribution in [0.25, 0.3) is 38.5 Å². The number of benzene rings is 2. The highest BCUT2D eigenvalue weighted by molar-refractivity contribution is 9.10. The Morgan fingerprint density at radius 3 is 2.59 bits per heavy atom. The first-order valence-electron chi connectivity index (χ1n) is 8.27. The zero-order valence-corrected chi connectivity index (χ0v) is 15.7. The van der Waals surface area contributed by atoms with E-state index >= 15 is 0 Å². The van der Waals surface area contributed by atoms with Gasteiger partial charge in [-0.15, -0.1) is 0 Å². The van der Waals surface area contributed by atoms with Gasteiger partial charge in [-0.2, -0.15) is 0 Å². The Morgan fingerprint density at radius 1 is 1.04 bits per heavy atom. The molecule has 0 radical (unpaired) electrons. The number of aryl methyl sites for hydroxylation is 1. The SMILES string of the molecule is Cc1nc2[nH]n(-c3ccccc3)c(=O)c2c2c1c(=O)oc1ccc(Br)cc12. The molecule has 0 aliphatic rings. The maximum absolute atomic E-state index is 13.2. The van der Waals surface area contributed by atoms with Crippen molar-refractivity contribution in [2.45, 2.75) is 6.92 Å². The Morgan fingerprint density at radius 2 is 1.81 bits per heavy atom. The minimum atomic E-state index is -0.501. The van der Waals surface area contributed by atoms with Crippen molar-refractivity contribution < 1.29 is 4.42 Å². The van der Waals surface area contributed by atoms with Crippen LogP contribution in [-0.2, 0) is 0 Å². The second-order valence-electron chi connectivity index (χ2n) is 6.29. The van der Waals surface area contributed by atoms with E-state index in [4.69, 9.17) is 4.42 Å². The predicted molar refractivity (Wildman–Crippen MR) is 108 cm³/mol. The molecule has 0 saturated heterocycles. The van der Waals surface area contributed by atoms with E-state index in [1.807, 2.05) is 36.4 Å². The molecule has 3 aromatic heterocycles. The Balaban J connectivity index is 2.08. The number of pyridine rings is 1. The van der Waals surface area contributed by atoms with Crippen LogP contribution in [0.4, 0.5) is 0 Å². The van der Waals surface area contributed by atoms with Crippen molar-refractivity contribution in [3.63, 3.8) is 0 Å². The topological polar surface area (TPSA) is 80.9 Å². The number of nitrogens with zero attached hydrogens (tertiary/aromatic N) is 2. The van der Waals surface area contributed by atoms with E-state index in [1.165, 1.54) is 4.68 Å². The smallest absolute Gasteiger partial charge is 0.346 e. The number of para-hydroxylation sites is 1. The molecule has 0 unspecified atom stereocenters. The van der Waals surface area contributed by atoms with Crippen molar-refractivity contribution >= 4 is 48.7 Å². The highest BCUT2D eigenvalue weighted by Gasteiger charge is 2.20. The Hall–Kier alpha value is -3.19. The van der Waals surface area contributed by atoms with E-state index in [0.29, 0.717) is 44.2 Å². The van der Waals surface area contributed by atoms with Crippen LogP contribution in [0.15, 0.2) is 67.0 Å². The summed E-state index contributed by atoms with van der Waals surface area (Å²) in [4.78, 5) is 30.3. The molecule has 0 bridgehead atoms. The van der Waals surface area contributed by atoms with Crippen LogP contribution in [0.1, 0.15) is 5.69 Å². The third kappa shape index (κ3) is 2.28. The zero-order valence-electron chi connectivity index (χ0n) is 14.1. The number of hydrogen-bond donors (Lipinski definition) is 1. The Kier molecular flexibility index (Phi) is 3.35. The van der Waals surface area contributed by atoms with Crippen LogP contribution in [0.2, 0.25) is 0 Å². The Labute approximate surface area is 160 Å². The van der Waals surface area contributed by atoms with E-state index in [2.05, 4.69) is 26.0 Å². The fraction of sp³-hybridized carbons (Fsp3) is 0.0500. The van der Waals surface area contributed by atoms with E-state index in [9.17, 15) is 9.59 Å². The summed E-state index contributed by atoms with van der Waals surface area (Å²) in [5, 5.41) is 5.00. The lowest BCUT2D eigenvalue weighted by Gasteiger charge is -2.05. The molecule has 3 heterocycles. The number of nitrogens with one attached hydrogen (secondary N) is 1. The molecule has 132 valence electrons. The summed E-state index contributed by atoms with van der Waals surface area (Å²) in [6.45, 7) is 1.74. The van der Waals surface area contributed by atoms with Crippen LogP contribution in [-0.4, -0.2) is 14.8 Å². The fourth-order valence-corrected chi connectivity index (χ4v) is 3.84. The average Bonchev–Trinajstić information content (AvgIpc) is 2.99. The van der Waals surface area contributed by atoms with Crippen LogP contribution in [0.5, 0.6) is 0 Å². The number of H-pyrrole nitrogens is 1. The van der Waals surface area contributed by atoms with Crippen molar-refractivity contribution in [2.75, 3.05) is 0 Å². The molecule has 7 heteroatoms. The van der Waals surface area contributed by atoms with Crippen molar-refractivity contribution in [1.29, 1.82) is 0 Å². The molecule has 0 atom stereocenters. The summed E-state index contributed by atoms with van der Waals surface area (Å²) in [7, 11) is 0. The molecule has 0 spiro atoms. The number of aromatic nitrogens is 3. The zero-order chi connectivity index (χ0) is 18.7. The molecule has 6 nitrogen and oxygen atoms in total. The second kappa shape index (κ2) is 5.65. The van der Waals surface area contributed by atoms with E-state index in [0.717, 1.165) is 4.47 Å². The summed E-state index contributed by atoms with van der Waals surface area (Å²) >= 11 is 3.45. The van der Waals surface area contributed by atoms with Gasteiger partial charge in [0, 0.05) is 15.2 Å². The monoisotopic (exact) mass is 421 g/mol. The third-order valence-corrected chi connectivity index (χ3v) is 5.14.